The van der Waals surface area contributed by atoms with Gasteiger partial charge in [-0.3, -0.25) is 0 Å². The summed E-state index contributed by atoms with van der Waals surface area (Å²) in [5.74, 6) is 1.79. The van der Waals surface area contributed by atoms with E-state index in [0.29, 0.717) is 0 Å². The van der Waals surface area contributed by atoms with Crippen molar-refractivity contribution in [1.82, 2.24) is 0 Å². The molecular weight excluding hydrogens is 158 g/mol. The van der Waals surface area contributed by atoms with Crippen LogP contribution in [0.1, 0.15) is 58.3 Å². The minimum Gasteiger partial charge on any atom is -0.325 e. The second kappa shape index (κ2) is 3.61. The molecule has 0 aliphatic heterocycles. The van der Waals surface area contributed by atoms with Crippen LogP contribution in [0.4, 0.5) is 0 Å². The molecule has 0 heterocycles. The Morgan fingerprint density at radius 1 is 1.00 bits per heavy atom. The van der Waals surface area contributed by atoms with Crippen molar-refractivity contribution in [1.29, 1.82) is 0 Å². The Labute approximate surface area is 82.1 Å². The van der Waals surface area contributed by atoms with Crippen LogP contribution in [0.2, 0.25) is 0 Å². The molecule has 2 aliphatic rings. The highest BCUT2D eigenvalue weighted by Crippen LogP contribution is 2.42. The fraction of sp³-hybridized carbons (Fsp3) is 1.00. The third kappa shape index (κ3) is 1.90. The van der Waals surface area contributed by atoms with Gasteiger partial charge in [-0.1, -0.05) is 19.8 Å². The molecule has 2 rings (SSSR count). The first kappa shape index (κ1) is 9.51. The number of hydrogen-bond acceptors (Lipinski definition) is 1. The zero-order valence-electron chi connectivity index (χ0n) is 8.89. The molecule has 0 unspecified atom stereocenters. The monoisotopic (exact) mass is 181 g/mol. The topological polar surface area (TPSA) is 26.0 Å². The van der Waals surface area contributed by atoms with Crippen molar-refractivity contribution < 1.29 is 0 Å². The molecule has 1 nitrogen and oxygen atoms in total. The zero-order valence-corrected chi connectivity index (χ0v) is 8.89. The van der Waals surface area contributed by atoms with Gasteiger partial charge in [0.2, 0.25) is 0 Å². The molecule has 0 atom stereocenters. The van der Waals surface area contributed by atoms with Crippen molar-refractivity contribution in [2.24, 2.45) is 17.6 Å². The molecule has 2 fully saturated rings. The summed E-state index contributed by atoms with van der Waals surface area (Å²) in [5, 5.41) is 0. The number of hydrogen-bond donors (Lipinski definition) is 1. The van der Waals surface area contributed by atoms with Crippen molar-refractivity contribution in [2.75, 3.05) is 0 Å². The van der Waals surface area contributed by atoms with E-state index in [4.69, 9.17) is 5.73 Å². The van der Waals surface area contributed by atoms with Gasteiger partial charge in [0.25, 0.3) is 0 Å². The van der Waals surface area contributed by atoms with E-state index < -0.39 is 0 Å². The summed E-state index contributed by atoms with van der Waals surface area (Å²) >= 11 is 0. The second-order valence-electron chi connectivity index (χ2n) is 5.40. The summed E-state index contributed by atoms with van der Waals surface area (Å²) in [6.07, 6.45) is 11.0. The smallest absolute Gasteiger partial charge is 0.0183 e. The van der Waals surface area contributed by atoms with Crippen molar-refractivity contribution in [3.8, 4) is 0 Å². The maximum atomic E-state index is 6.53. The average molecular weight is 181 g/mol. The Balaban J connectivity index is 1.95. The van der Waals surface area contributed by atoms with E-state index in [0.717, 1.165) is 11.8 Å². The van der Waals surface area contributed by atoms with Crippen molar-refractivity contribution in [2.45, 2.75) is 63.8 Å². The van der Waals surface area contributed by atoms with Gasteiger partial charge < -0.3 is 5.73 Å². The first-order valence-electron chi connectivity index (χ1n) is 5.99. The van der Waals surface area contributed by atoms with Crippen molar-refractivity contribution in [3.05, 3.63) is 0 Å². The summed E-state index contributed by atoms with van der Waals surface area (Å²) in [4.78, 5) is 0. The molecular formula is C12H23N. The summed E-state index contributed by atoms with van der Waals surface area (Å²) in [6.45, 7) is 2.37. The Kier molecular flexibility index (Phi) is 2.64. The second-order valence-corrected chi connectivity index (χ2v) is 5.40. The van der Waals surface area contributed by atoms with Crippen LogP contribution in [0.15, 0.2) is 0 Å². The molecule has 76 valence electrons. The third-order valence-corrected chi connectivity index (χ3v) is 4.37. The molecule has 0 aromatic carbocycles. The molecule has 0 bridgehead atoms. The van der Waals surface area contributed by atoms with Crippen LogP contribution < -0.4 is 5.73 Å². The fourth-order valence-electron chi connectivity index (χ4n) is 3.21. The molecule has 2 N–H and O–H groups in total. The highest BCUT2D eigenvalue weighted by molar-refractivity contribution is 4.96. The van der Waals surface area contributed by atoms with E-state index in [1.807, 2.05) is 0 Å². The van der Waals surface area contributed by atoms with Crippen LogP contribution in [0.25, 0.3) is 0 Å². The van der Waals surface area contributed by atoms with Crippen LogP contribution in [0.3, 0.4) is 0 Å². The zero-order chi connectivity index (χ0) is 9.31. The Morgan fingerprint density at radius 3 is 2.08 bits per heavy atom. The van der Waals surface area contributed by atoms with E-state index in [2.05, 4.69) is 6.92 Å². The molecule has 0 spiro atoms. The maximum Gasteiger partial charge on any atom is 0.0183 e. The highest BCUT2D eigenvalue weighted by atomic mass is 14.8. The van der Waals surface area contributed by atoms with Gasteiger partial charge in [0.1, 0.15) is 0 Å². The Hall–Kier alpha value is -0.0400. The standard InChI is InChI=1S/C12H23N/c1-10-6-8-12(13,9-7-10)11-4-2-3-5-11/h10-11H,2-9,13H2,1H3. The number of nitrogens with two attached hydrogens (primary N) is 1. The summed E-state index contributed by atoms with van der Waals surface area (Å²) < 4.78 is 0. The molecule has 0 aromatic heterocycles. The van der Waals surface area contributed by atoms with Crippen molar-refractivity contribution >= 4 is 0 Å². The molecule has 0 amide bonds. The average Bonchev–Trinajstić information content (AvgIpc) is 2.63. The van der Waals surface area contributed by atoms with Gasteiger partial charge in [0.15, 0.2) is 0 Å². The van der Waals surface area contributed by atoms with E-state index in [-0.39, 0.29) is 5.54 Å². The van der Waals surface area contributed by atoms with Crippen LogP contribution >= 0.6 is 0 Å². The lowest BCUT2D eigenvalue weighted by molar-refractivity contribution is 0.170. The molecule has 13 heavy (non-hydrogen) atoms. The van der Waals surface area contributed by atoms with Gasteiger partial charge >= 0.3 is 0 Å². The minimum absolute atomic E-state index is 0.239. The quantitative estimate of drug-likeness (QED) is 0.661. The van der Waals surface area contributed by atoms with Crippen LogP contribution in [-0.4, -0.2) is 5.54 Å². The fourth-order valence-corrected chi connectivity index (χ4v) is 3.21. The van der Waals surface area contributed by atoms with Gasteiger partial charge in [-0.05, 0) is 50.4 Å². The van der Waals surface area contributed by atoms with E-state index in [1.165, 1.54) is 51.4 Å². The van der Waals surface area contributed by atoms with Gasteiger partial charge in [0.05, 0.1) is 0 Å². The lowest BCUT2D eigenvalue weighted by atomic mass is 9.70. The normalized spacial score (nSPS) is 42.5. The predicted molar refractivity (Wildman–Crippen MR) is 56.5 cm³/mol. The molecule has 0 radical (unpaired) electrons. The third-order valence-electron chi connectivity index (χ3n) is 4.37. The summed E-state index contributed by atoms with van der Waals surface area (Å²) in [5.41, 5.74) is 6.77. The van der Waals surface area contributed by atoms with E-state index in [9.17, 15) is 0 Å². The predicted octanol–water partition coefficient (Wildman–Crippen LogP) is 3.08. The highest BCUT2D eigenvalue weighted by Gasteiger charge is 2.38. The first-order chi connectivity index (χ1) is 6.21. The van der Waals surface area contributed by atoms with Gasteiger partial charge in [0, 0.05) is 5.54 Å². The Morgan fingerprint density at radius 2 is 1.54 bits per heavy atom. The molecule has 1 heteroatoms. The van der Waals surface area contributed by atoms with Crippen molar-refractivity contribution in [3.63, 3.8) is 0 Å². The maximum absolute atomic E-state index is 6.53. The molecule has 0 aromatic rings. The summed E-state index contributed by atoms with van der Waals surface area (Å²) in [7, 11) is 0. The Bertz CT molecular complexity index is 162. The minimum atomic E-state index is 0.239. The van der Waals surface area contributed by atoms with Crippen LogP contribution in [0.5, 0.6) is 0 Å². The van der Waals surface area contributed by atoms with Gasteiger partial charge in [-0.15, -0.1) is 0 Å². The molecule has 2 aliphatic carbocycles. The van der Waals surface area contributed by atoms with E-state index >= 15 is 0 Å². The largest absolute Gasteiger partial charge is 0.325 e. The SMILES string of the molecule is CC1CCC(N)(C2CCCC2)CC1. The first-order valence-corrected chi connectivity index (χ1v) is 5.99. The lowest BCUT2D eigenvalue weighted by Crippen LogP contribution is -2.48. The van der Waals surface area contributed by atoms with Gasteiger partial charge in [-0.25, -0.2) is 0 Å². The number of rotatable bonds is 1. The van der Waals surface area contributed by atoms with Crippen LogP contribution in [-0.2, 0) is 0 Å². The lowest BCUT2D eigenvalue weighted by Gasteiger charge is -2.41. The van der Waals surface area contributed by atoms with Crippen LogP contribution in [0, 0.1) is 11.8 Å². The van der Waals surface area contributed by atoms with Gasteiger partial charge in [-0.2, -0.15) is 0 Å². The molecule has 2 saturated carbocycles. The van der Waals surface area contributed by atoms with E-state index in [1.54, 1.807) is 0 Å². The summed E-state index contributed by atoms with van der Waals surface area (Å²) in [6, 6.07) is 0. The molecule has 0 saturated heterocycles.